The van der Waals surface area contributed by atoms with Gasteiger partial charge in [-0.2, -0.15) is 0 Å². The molecule has 0 aromatic carbocycles. The minimum atomic E-state index is -0.133. The van der Waals surface area contributed by atoms with Gasteiger partial charge in [0.15, 0.2) is 0 Å². The second-order valence-corrected chi connectivity index (χ2v) is 6.74. The molecule has 2 N–H and O–H groups in total. The second kappa shape index (κ2) is 7.07. The molecule has 1 aromatic heterocycles. The average molecular weight is 332 g/mol. The SMILES string of the molecule is CC(CNC(=O)N1CCC2(CC1)CNC(=O)C2)Oc1cccnc1. The van der Waals surface area contributed by atoms with E-state index in [4.69, 9.17) is 4.74 Å². The first kappa shape index (κ1) is 16.5. The van der Waals surface area contributed by atoms with Crippen molar-refractivity contribution in [2.45, 2.75) is 32.3 Å². The molecule has 3 heterocycles. The van der Waals surface area contributed by atoms with Crippen molar-refractivity contribution in [2.75, 3.05) is 26.2 Å². The van der Waals surface area contributed by atoms with Gasteiger partial charge in [-0.05, 0) is 37.3 Å². The molecule has 1 atom stereocenters. The number of pyridine rings is 1. The maximum atomic E-state index is 12.3. The molecular weight excluding hydrogens is 308 g/mol. The molecule has 2 fully saturated rings. The number of hydrogen-bond donors (Lipinski definition) is 2. The zero-order chi connectivity index (χ0) is 17.0. The number of hydrogen-bond acceptors (Lipinski definition) is 4. The molecule has 2 aliphatic heterocycles. The van der Waals surface area contributed by atoms with E-state index >= 15 is 0 Å². The molecule has 0 radical (unpaired) electrons. The van der Waals surface area contributed by atoms with Gasteiger partial charge in [-0.15, -0.1) is 0 Å². The first-order valence-corrected chi connectivity index (χ1v) is 8.43. The number of nitrogens with zero attached hydrogens (tertiary/aromatic N) is 2. The van der Waals surface area contributed by atoms with E-state index in [1.807, 2.05) is 24.0 Å². The third-order valence-corrected chi connectivity index (χ3v) is 4.82. The molecule has 130 valence electrons. The number of piperidine rings is 1. The molecule has 3 rings (SSSR count). The Hall–Kier alpha value is -2.31. The molecule has 7 heteroatoms. The fourth-order valence-electron chi connectivity index (χ4n) is 3.32. The van der Waals surface area contributed by atoms with Crippen molar-refractivity contribution >= 4 is 11.9 Å². The van der Waals surface area contributed by atoms with Crippen LogP contribution in [0.5, 0.6) is 5.75 Å². The molecule has 0 aliphatic carbocycles. The number of carbonyl (C=O) groups excluding carboxylic acids is 2. The van der Waals surface area contributed by atoms with Gasteiger partial charge in [0.25, 0.3) is 0 Å². The van der Waals surface area contributed by atoms with Gasteiger partial charge in [0.2, 0.25) is 5.91 Å². The fourth-order valence-corrected chi connectivity index (χ4v) is 3.32. The lowest BCUT2D eigenvalue weighted by Crippen LogP contribution is -2.49. The summed E-state index contributed by atoms with van der Waals surface area (Å²) < 4.78 is 5.70. The monoisotopic (exact) mass is 332 g/mol. The zero-order valence-corrected chi connectivity index (χ0v) is 14.0. The Morgan fingerprint density at radius 3 is 2.92 bits per heavy atom. The van der Waals surface area contributed by atoms with E-state index in [1.54, 1.807) is 12.4 Å². The Labute approximate surface area is 141 Å². The van der Waals surface area contributed by atoms with Gasteiger partial charge in [-0.3, -0.25) is 9.78 Å². The van der Waals surface area contributed by atoms with Crippen molar-refractivity contribution in [2.24, 2.45) is 5.41 Å². The van der Waals surface area contributed by atoms with Crippen LogP contribution in [0, 0.1) is 5.41 Å². The van der Waals surface area contributed by atoms with Crippen LogP contribution in [-0.4, -0.2) is 54.1 Å². The summed E-state index contributed by atoms with van der Waals surface area (Å²) in [5, 5.41) is 5.83. The average Bonchev–Trinajstić information content (AvgIpc) is 2.95. The summed E-state index contributed by atoms with van der Waals surface area (Å²) in [6, 6.07) is 3.59. The smallest absolute Gasteiger partial charge is 0.317 e. The molecule has 2 saturated heterocycles. The summed E-state index contributed by atoms with van der Waals surface area (Å²) >= 11 is 0. The van der Waals surface area contributed by atoms with Crippen LogP contribution in [0.2, 0.25) is 0 Å². The van der Waals surface area contributed by atoms with Crippen molar-refractivity contribution in [1.29, 1.82) is 0 Å². The third kappa shape index (κ3) is 3.96. The molecule has 3 amide bonds. The lowest BCUT2D eigenvalue weighted by molar-refractivity contribution is -0.119. The minimum Gasteiger partial charge on any atom is -0.487 e. The molecule has 0 saturated carbocycles. The topological polar surface area (TPSA) is 83.6 Å². The highest BCUT2D eigenvalue weighted by Gasteiger charge is 2.41. The summed E-state index contributed by atoms with van der Waals surface area (Å²) in [6.45, 7) is 4.48. The van der Waals surface area contributed by atoms with Crippen LogP contribution >= 0.6 is 0 Å². The number of rotatable bonds is 4. The number of aromatic nitrogens is 1. The molecular formula is C17H24N4O3. The predicted octanol–water partition coefficient (Wildman–Crippen LogP) is 1.16. The zero-order valence-electron chi connectivity index (χ0n) is 14.0. The van der Waals surface area contributed by atoms with Crippen LogP contribution in [0.4, 0.5) is 4.79 Å². The highest BCUT2D eigenvalue weighted by Crippen LogP contribution is 2.37. The van der Waals surface area contributed by atoms with Crippen molar-refractivity contribution in [1.82, 2.24) is 20.5 Å². The number of urea groups is 1. The summed E-state index contributed by atoms with van der Waals surface area (Å²) in [4.78, 5) is 29.5. The molecule has 1 unspecified atom stereocenters. The van der Waals surface area contributed by atoms with Crippen molar-refractivity contribution < 1.29 is 14.3 Å². The lowest BCUT2D eigenvalue weighted by atomic mass is 9.78. The van der Waals surface area contributed by atoms with Crippen molar-refractivity contribution in [3.05, 3.63) is 24.5 Å². The van der Waals surface area contributed by atoms with E-state index in [9.17, 15) is 9.59 Å². The normalized spacial score (nSPS) is 20.5. The third-order valence-electron chi connectivity index (χ3n) is 4.82. The summed E-state index contributed by atoms with van der Waals surface area (Å²) in [6.07, 6.45) is 5.56. The van der Waals surface area contributed by atoms with E-state index < -0.39 is 0 Å². The summed E-state index contributed by atoms with van der Waals surface area (Å²) in [5.74, 6) is 0.826. The van der Waals surface area contributed by atoms with Crippen LogP contribution < -0.4 is 15.4 Å². The summed E-state index contributed by atoms with van der Waals surface area (Å²) in [5.41, 5.74) is 0.0601. The van der Waals surface area contributed by atoms with Gasteiger partial charge in [-0.25, -0.2) is 4.79 Å². The van der Waals surface area contributed by atoms with Crippen LogP contribution in [0.25, 0.3) is 0 Å². The van der Waals surface area contributed by atoms with Gasteiger partial charge >= 0.3 is 6.03 Å². The highest BCUT2D eigenvalue weighted by atomic mass is 16.5. The van der Waals surface area contributed by atoms with E-state index in [0.29, 0.717) is 31.8 Å². The Morgan fingerprint density at radius 1 is 1.50 bits per heavy atom. The van der Waals surface area contributed by atoms with Crippen LogP contribution in [0.1, 0.15) is 26.2 Å². The quantitative estimate of drug-likeness (QED) is 0.867. The number of ether oxygens (including phenoxy) is 1. The van der Waals surface area contributed by atoms with Gasteiger partial charge in [0.1, 0.15) is 11.9 Å². The Bertz CT molecular complexity index is 585. The molecule has 24 heavy (non-hydrogen) atoms. The fraction of sp³-hybridized carbons (Fsp3) is 0.588. The standard InChI is InChI=1S/C17H24N4O3/c1-13(24-14-3-2-6-18-11-14)10-19-16(23)21-7-4-17(5-8-21)9-15(22)20-12-17/h2-3,6,11,13H,4-5,7-10,12H2,1H3,(H,19,23)(H,20,22). The van der Waals surface area contributed by atoms with Crippen LogP contribution in [0.3, 0.4) is 0 Å². The van der Waals surface area contributed by atoms with Crippen molar-refractivity contribution in [3.8, 4) is 5.75 Å². The molecule has 0 bridgehead atoms. The predicted molar refractivity (Wildman–Crippen MR) is 88.6 cm³/mol. The van der Waals surface area contributed by atoms with Gasteiger partial charge in [-0.1, -0.05) is 0 Å². The van der Waals surface area contributed by atoms with E-state index in [0.717, 1.165) is 19.4 Å². The minimum absolute atomic E-state index is 0.0601. The van der Waals surface area contributed by atoms with Gasteiger partial charge < -0.3 is 20.3 Å². The Morgan fingerprint density at radius 2 is 2.29 bits per heavy atom. The van der Waals surface area contributed by atoms with E-state index in [1.165, 1.54) is 0 Å². The number of amides is 3. The van der Waals surface area contributed by atoms with E-state index in [-0.39, 0.29) is 23.5 Å². The lowest BCUT2D eigenvalue weighted by Gasteiger charge is -2.38. The Kier molecular flexibility index (Phi) is 4.87. The van der Waals surface area contributed by atoms with E-state index in [2.05, 4.69) is 15.6 Å². The highest BCUT2D eigenvalue weighted by molar-refractivity contribution is 5.79. The number of carbonyl (C=O) groups is 2. The largest absolute Gasteiger partial charge is 0.487 e. The van der Waals surface area contributed by atoms with Crippen molar-refractivity contribution in [3.63, 3.8) is 0 Å². The maximum absolute atomic E-state index is 12.3. The number of nitrogens with one attached hydrogen (secondary N) is 2. The van der Waals surface area contributed by atoms with Gasteiger partial charge in [0.05, 0.1) is 12.7 Å². The number of likely N-dealkylation sites (tertiary alicyclic amines) is 1. The van der Waals surface area contributed by atoms with Crippen LogP contribution in [-0.2, 0) is 4.79 Å². The van der Waals surface area contributed by atoms with Gasteiger partial charge in [0, 0.05) is 32.3 Å². The first-order chi connectivity index (χ1) is 11.6. The maximum Gasteiger partial charge on any atom is 0.317 e. The Balaban J connectivity index is 1.40. The summed E-state index contributed by atoms with van der Waals surface area (Å²) in [7, 11) is 0. The molecule has 7 nitrogen and oxygen atoms in total. The van der Waals surface area contributed by atoms with Crippen LogP contribution in [0.15, 0.2) is 24.5 Å². The molecule has 2 aliphatic rings. The molecule has 1 spiro atoms. The first-order valence-electron chi connectivity index (χ1n) is 8.43. The molecule has 1 aromatic rings. The second-order valence-electron chi connectivity index (χ2n) is 6.74.